The van der Waals surface area contributed by atoms with Crippen molar-refractivity contribution in [1.29, 1.82) is 0 Å². The molecule has 17 heavy (non-hydrogen) atoms. The maximum atomic E-state index is 3.77. The topological polar surface area (TPSA) is 15.3 Å². The molecule has 2 aliphatic rings. The average molecular weight is 238 g/mol. The number of piperazine rings is 1. The summed E-state index contributed by atoms with van der Waals surface area (Å²) in [5, 5.41) is 3.77. The van der Waals surface area contributed by atoms with Crippen molar-refractivity contribution in [1.82, 2.24) is 10.2 Å². The van der Waals surface area contributed by atoms with Crippen LogP contribution in [0.5, 0.6) is 0 Å². The fourth-order valence-corrected chi connectivity index (χ4v) is 3.38. The highest BCUT2D eigenvalue weighted by molar-refractivity contribution is 5.02. The maximum absolute atomic E-state index is 3.77. The molecule has 1 heterocycles. The van der Waals surface area contributed by atoms with E-state index in [-0.39, 0.29) is 0 Å². The van der Waals surface area contributed by atoms with E-state index in [9.17, 15) is 0 Å². The standard InChI is InChI=1S/C15H30N2/c1-6-12-10-16-13(14(2,3)4)11-17(12)15(5)8-7-9-15/h12-13,16H,6-11H2,1-5H3. The number of rotatable bonds is 2. The Labute approximate surface area is 107 Å². The number of nitrogens with zero attached hydrogens (tertiary/aromatic N) is 1. The molecule has 1 aliphatic carbocycles. The minimum absolute atomic E-state index is 0.372. The summed E-state index contributed by atoms with van der Waals surface area (Å²) in [5.74, 6) is 0. The van der Waals surface area contributed by atoms with Crippen LogP contribution in [0.15, 0.2) is 0 Å². The third-order valence-corrected chi connectivity index (χ3v) is 5.06. The fraction of sp³-hybridized carbons (Fsp3) is 1.00. The van der Waals surface area contributed by atoms with Gasteiger partial charge < -0.3 is 5.32 Å². The summed E-state index contributed by atoms with van der Waals surface area (Å²) >= 11 is 0. The normalized spacial score (nSPS) is 34.4. The Bertz CT molecular complexity index is 263. The van der Waals surface area contributed by atoms with Gasteiger partial charge in [0.25, 0.3) is 0 Å². The van der Waals surface area contributed by atoms with Crippen molar-refractivity contribution in [2.24, 2.45) is 5.41 Å². The third kappa shape index (κ3) is 2.53. The van der Waals surface area contributed by atoms with Gasteiger partial charge in [0.2, 0.25) is 0 Å². The van der Waals surface area contributed by atoms with E-state index in [0.717, 1.165) is 6.04 Å². The van der Waals surface area contributed by atoms with Gasteiger partial charge in [0.15, 0.2) is 0 Å². The van der Waals surface area contributed by atoms with Crippen LogP contribution in [0.3, 0.4) is 0 Å². The molecule has 1 saturated carbocycles. The molecular weight excluding hydrogens is 208 g/mol. The Hall–Kier alpha value is -0.0800. The van der Waals surface area contributed by atoms with Gasteiger partial charge in [0.1, 0.15) is 0 Å². The highest BCUT2D eigenvalue weighted by Crippen LogP contribution is 2.40. The molecule has 0 radical (unpaired) electrons. The van der Waals surface area contributed by atoms with Crippen LogP contribution in [-0.2, 0) is 0 Å². The van der Waals surface area contributed by atoms with Gasteiger partial charge in [-0.3, -0.25) is 4.90 Å². The Morgan fingerprint density at radius 2 is 1.94 bits per heavy atom. The predicted molar refractivity (Wildman–Crippen MR) is 74.3 cm³/mol. The summed E-state index contributed by atoms with van der Waals surface area (Å²) in [7, 11) is 0. The summed E-state index contributed by atoms with van der Waals surface area (Å²) in [6.07, 6.45) is 5.51. The van der Waals surface area contributed by atoms with Gasteiger partial charge in [-0.25, -0.2) is 0 Å². The first kappa shape index (κ1) is 13.4. The quantitative estimate of drug-likeness (QED) is 0.795. The monoisotopic (exact) mass is 238 g/mol. The zero-order valence-electron chi connectivity index (χ0n) is 12.3. The maximum Gasteiger partial charge on any atom is 0.0244 e. The summed E-state index contributed by atoms with van der Waals surface area (Å²) in [4.78, 5) is 2.82. The van der Waals surface area contributed by atoms with Crippen LogP contribution >= 0.6 is 0 Å². The van der Waals surface area contributed by atoms with E-state index in [4.69, 9.17) is 0 Å². The van der Waals surface area contributed by atoms with Gasteiger partial charge in [0.05, 0.1) is 0 Å². The molecule has 0 spiro atoms. The van der Waals surface area contributed by atoms with Crippen LogP contribution in [0.4, 0.5) is 0 Å². The predicted octanol–water partition coefficient (Wildman–Crippen LogP) is 3.03. The van der Waals surface area contributed by atoms with Gasteiger partial charge in [-0.05, 0) is 38.0 Å². The van der Waals surface area contributed by atoms with Crippen LogP contribution in [-0.4, -0.2) is 35.6 Å². The first-order valence-corrected chi connectivity index (χ1v) is 7.37. The van der Waals surface area contributed by atoms with Crippen LogP contribution in [0.1, 0.15) is 60.3 Å². The second-order valence-electron chi connectivity index (χ2n) is 7.39. The van der Waals surface area contributed by atoms with Crippen molar-refractivity contribution in [3.63, 3.8) is 0 Å². The third-order valence-electron chi connectivity index (χ3n) is 5.06. The number of hydrogen-bond acceptors (Lipinski definition) is 2. The van der Waals surface area contributed by atoms with Crippen LogP contribution < -0.4 is 5.32 Å². The molecular formula is C15H30N2. The molecule has 1 N–H and O–H groups in total. The number of hydrogen-bond donors (Lipinski definition) is 1. The summed E-state index contributed by atoms with van der Waals surface area (Å²) in [6.45, 7) is 14.3. The van der Waals surface area contributed by atoms with Gasteiger partial charge >= 0.3 is 0 Å². The molecule has 2 atom stereocenters. The van der Waals surface area contributed by atoms with E-state index < -0.39 is 0 Å². The van der Waals surface area contributed by atoms with Gasteiger partial charge in [0, 0.05) is 30.7 Å². The Morgan fingerprint density at radius 1 is 1.29 bits per heavy atom. The van der Waals surface area contributed by atoms with Gasteiger partial charge in [-0.1, -0.05) is 27.7 Å². The summed E-state index contributed by atoms with van der Waals surface area (Å²) < 4.78 is 0. The second-order valence-corrected chi connectivity index (χ2v) is 7.39. The Kier molecular flexibility index (Phi) is 3.57. The molecule has 0 bridgehead atoms. The average Bonchev–Trinajstić information content (AvgIpc) is 2.23. The van der Waals surface area contributed by atoms with E-state index in [0.29, 0.717) is 17.0 Å². The lowest BCUT2D eigenvalue weighted by molar-refractivity contribution is -0.0426. The van der Waals surface area contributed by atoms with Crippen molar-refractivity contribution >= 4 is 0 Å². The van der Waals surface area contributed by atoms with Crippen molar-refractivity contribution in [3.05, 3.63) is 0 Å². The minimum Gasteiger partial charge on any atom is -0.311 e. The highest BCUT2D eigenvalue weighted by atomic mass is 15.3. The molecule has 1 aliphatic heterocycles. The summed E-state index contributed by atoms with van der Waals surface area (Å²) in [5.41, 5.74) is 0.878. The van der Waals surface area contributed by atoms with Crippen molar-refractivity contribution < 1.29 is 0 Å². The molecule has 100 valence electrons. The molecule has 0 aromatic heterocycles. The molecule has 2 unspecified atom stereocenters. The first-order chi connectivity index (χ1) is 7.87. The largest absolute Gasteiger partial charge is 0.311 e. The molecule has 2 fully saturated rings. The van der Waals surface area contributed by atoms with Crippen molar-refractivity contribution in [3.8, 4) is 0 Å². The van der Waals surface area contributed by atoms with E-state index >= 15 is 0 Å². The smallest absolute Gasteiger partial charge is 0.0244 e. The Balaban J connectivity index is 2.09. The lowest BCUT2D eigenvalue weighted by Gasteiger charge is -2.56. The van der Waals surface area contributed by atoms with E-state index in [1.807, 2.05) is 0 Å². The van der Waals surface area contributed by atoms with Crippen LogP contribution in [0.2, 0.25) is 0 Å². The highest BCUT2D eigenvalue weighted by Gasteiger charge is 2.44. The second kappa shape index (κ2) is 4.55. The lowest BCUT2D eigenvalue weighted by Crippen LogP contribution is -2.67. The summed E-state index contributed by atoms with van der Waals surface area (Å²) in [6, 6.07) is 1.39. The first-order valence-electron chi connectivity index (χ1n) is 7.37. The fourth-order valence-electron chi connectivity index (χ4n) is 3.38. The molecule has 2 heteroatoms. The van der Waals surface area contributed by atoms with E-state index in [1.165, 1.54) is 38.8 Å². The molecule has 0 amide bonds. The Morgan fingerprint density at radius 3 is 2.35 bits per heavy atom. The zero-order valence-corrected chi connectivity index (χ0v) is 12.3. The molecule has 2 nitrogen and oxygen atoms in total. The molecule has 1 saturated heterocycles. The van der Waals surface area contributed by atoms with Crippen molar-refractivity contribution in [2.45, 2.75) is 77.9 Å². The zero-order chi connectivity index (χ0) is 12.7. The lowest BCUT2D eigenvalue weighted by atomic mass is 9.74. The van der Waals surface area contributed by atoms with Gasteiger partial charge in [-0.2, -0.15) is 0 Å². The van der Waals surface area contributed by atoms with Crippen molar-refractivity contribution in [2.75, 3.05) is 13.1 Å². The van der Waals surface area contributed by atoms with E-state index in [1.54, 1.807) is 0 Å². The van der Waals surface area contributed by atoms with E-state index in [2.05, 4.69) is 44.8 Å². The number of nitrogens with one attached hydrogen (secondary N) is 1. The van der Waals surface area contributed by atoms with Crippen LogP contribution in [0.25, 0.3) is 0 Å². The van der Waals surface area contributed by atoms with Crippen LogP contribution in [0, 0.1) is 5.41 Å². The van der Waals surface area contributed by atoms with Gasteiger partial charge in [-0.15, -0.1) is 0 Å². The minimum atomic E-state index is 0.372. The molecule has 2 rings (SSSR count). The molecule has 0 aromatic carbocycles. The SMILES string of the molecule is CCC1CNC(C(C)(C)C)CN1C1(C)CCC1. The molecule has 0 aromatic rings.